The average Bonchev–Trinajstić information content (AvgIpc) is 3.63. The summed E-state index contributed by atoms with van der Waals surface area (Å²) in [5.41, 5.74) is 0. The number of fused-ring (bicyclic) bond motifs is 1. The van der Waals surface area contributed by atoms with E-state index in [-0.39, 0.29) is 37.3 Å². The van der Waals surface area contributed by atoms with Gasteiger partial charge in [0.15, 0.2) is 6.10 Å². The van der Waals surface area contributed by atoms with Gasteiger partial charge in [-0.3, -0.25) is 28.8 Å². The van der Waals surface area contributed by atoms with Crippen LogP contribution in [-0.4, -0.2) is 120 Å². The molecule has 3 saturated heterocycles. The quantitative estimate of drug-likeness (QED) is 0.335. The van der Waals surface area contributed by atoms with Gasteiger partial charge in [-0.1, -0.05) is 34.1 Å². The number of ether oxygens (including phenoxy) is 2. The predicted octanol–water partition coefficient (Wildman–Crippen LogP) is 0.0588. The molecule has 7 atom stereocenters. The first kappa shape index (κ1) is 33.3. The van der Waals surface area contributed by atoms with Gasteiger partial charge in [0, 0.05) is 33.6 Å². The molecule has 3 fully saturated rings. The zero-order valence-electron chi connectivity index (χ0n) is 25.9. The zero-order valence-corrected chi connectivity index (χ0v) is 25.9. The van der Waals surface area contributed by atoms with E-state index in [0.29, 0.717) is 32.4 Å². The molecule has 0 spiro atoms. The lowest BCUT2D eigenvalue weighted by Gasteiger charge is -2.38. The van der Waals surface area contributed by atoms with E-state index in [9.17, 15) is 28.8 Å². The van der Waals surface area contributed by atoms with Gasteiger partial charge in [0.25, 0.3) is 5.91 Å². The van der Waals surface area contributed by atoms with Gasteiger partial charge < -0.3 is 34.8 Å². The Labute approximate surface area is 248 Å². The van der Waals surface area contributed by atoms with Crippen LogP contribution in [0.2, 0.25) is 0 Å². The smallest absolute Gasteiger partial charge is 0.308 e. The van der Waals surface area contributed by atoms with E-state index in [0.717, 1.165) is 0 Å². The normalized spacial score (nSPS) is 31.6. The molecule has 0 aromatic heterocycles. The van der Waals surface area contributed by atoms with Crippen molar-refractivity contribution in [3.05, 3.63) is 0 Å². The van der Waals surface area contributed by atoms with Crippen molar-refractivity contribution in [1.82, 2.24) is 25.3 Å². The van der Waals surface area contributed by atoms with Crippen molar-refractivity contribution in [2.24, 2.45) is 11.8 Å². The summed E-state index contributed by atoms with van der Waals surface area (Å²) in [5, 5.41) is 5.54. The van der Waals surface area contributed by atoms with Crippen molar-refractivity contribution in [3.63, 3.8) is 0 Å². The molecule has 3 heterocycles. The molecule has 42 heavy (non-hydrogen) atoms. The summed E-state index contributed by atoms with van der Waals surface area (Å²) in [6.07, 6.45) is 0.190. The van der Waals surface area contributed by atoms with Crippen molar-refractivity contribution in [1.29, 1.82) is 0 Å². The van der Waals surface area contributed by atoms with Crippen LogP contribution in [0.3, 0.4) is 0 Å². The molecule has 2 N–H and O–H groups in total. The lowest BCUT2D eigenvalue weighted by Crippen LogP contribution is -2.60. The topological polar surface area (TPSA) is 158 Å². The average molecular weight is 594 g/mol. The van der Waals surface area contributed by atoms with E-state index in [2.05, 4.69) is 10.6 Å². The summed E-state index contributed by atoms with van der Waals surface area (Å²) in [6.45, 7) is 9.65. The predicted molar refractivity (Wildman–Crippen MR) is 152 cm³/mol. The molecule has 0 aromatic carbocycles. The summed E-state index contributed by atoms with van der Waals surface area (Å²) in [5.74, 6) is -3.51. The number of carbonyl (C=O) groups is 6. The summed E-state index contributed by atoms with van der Waals surface area (Å²) >= 11 is 0. The summed E-state index contributed by atoms with van der Waals surface area (Å²) < 4.78 is 10.8. The van der Waals surface area contributed by atoms with Crippen LogP contribution in [0, 0.1) is 11.8 Å². The lowest BCUT2D eigenvalue weighted by molar-refractivity contribution is -0.162. The van der Waals surface area contributed by atoms with Crippen LogP contribution in [0.15, 0.2) is 0 Å². The van der Waals surface area contributed by atoms with Gasteiger partial charge in [-0.15, -0.1) is 0 Å². The minimum Gasteiger partial charge on any atom is -0.452 e. The van der Waals surface area contributed by atoms with Gasteiger partial charge in [-0.2, -0.15) is 0 Å². The van der Waals surface area contributed by atoms with Gasteiger partial charge in [0.05, 0.1) is 19.1 Å². The van der Waals surface area contributed by atoms with Gasteiger partial charge in [-0.05, 0) is 31.6 Å². The maximum atomic E-state index is 13.9. The largest absolute Gasteiger partial charge is 0.452 e. The SMILES string of the molecule is CCC(C)C1NC(=O)C2CCCN2C(=O)C(CC2CO2)OC(=O)CCNC(=O)C(C)N(C)C(=O)C(C(C)C)N(C)C1=O. The van der Waals surface area contributed by atoms with Gasteiger partial charge >= 0.3 is 5.97 Å². The number of nitrogens with zero attached hydrogens (tertiary/aromatic N) is 3. The highest BCUT2D eigenvalue weighted by atomic mass is 16.6. The third-order valence-electron chi connectivity index (χ3n) is 8.63. The monoisotopic (exact) mass is 593 g/mol. The molecule has 0 radical (unpaired) electrons. The number of likely N-dealkylation sites (N-methyl/N-ethyl adjacent to an activating group) is 2. The Kier molecular flexibility index (Phi) is 11.3. The number of rotatable bonds is 5. The van der Waals surface area contributed by atoms with E-state index in [4.69, 9.17) is 9.47 Å². The van der Waals surface area contributed by atoms with Crippen LogP contribution >= 0.6 is 0 Å². The summed E-state index contributed by atoms with van der Waals surface area (Å²) in [7, 11) is 3.03. The second-order valence-electron chi connectivity index (χ2n) is 12.0. The Bertz CT molecular complexity index is 1050. The maximum Gasteiger partial charge on any atom is 0.308 e. The molecule has 13 nitrogen and oxygen atoms in total. The minimum absolute atomic E-state index is 0.0534. The van der Waals surface area contributed by atoms with Crippen LogP contribution in [-0.2, 0) is 38.2 Å². The molecule has 3 aliphatic heterocycles. The van der Waals surface area contributed by atoms with E-state index >= 15 is 0 Å². The zero-order chi connectivity index (χ0) is 31.3. The van der Waals surface area contributed by atoms with Gasteiger partial charge in [-0.25, -0.2) is 0 Å². The molecule has 13 heteroatoms. The van der Waals surface area contributed by atoms with E-state index in [1.165, 1.54) is 28.8 Å². The maximum absolute atomic E-state index is 13.9. The van der Waals surface area contributed by atoms with Crippen LogP contribution < -0.4 is 10.6 Å². The molecule has 5 amide bonds. The summed E-state index contributed by atoms with van der Waals surface area (Å²) in [6, 6.07) is -3.56. The number of hydrogen-bond acceptors (Lipinski definition) is 8. The fraction of sp³-hybridized carbons (Fsp3) is 0.793. The second kappa shape index (κ2) is 14.3. The molecule has 0 saturated carbocycles. The molecule has 236 valence electrons. The molecule has 3 aliphatic rings. The van der Waals surface area contributed by atoms with E-state index in [1.807, 2.05) is 27.7 Å². The van der Waals surface area contributed by atoms with Crippen LogP contribution in [0.25, 0.3) is 0 Å². The summed E-state index contributed by atoms with van der Waals surface area (Å²) in [4.78, 5) is 84.5. The number of epoxide rings is 1. The van der Waals surface area contributed by atoms with Crippen LogP contribution in [0.4, 0.5) is 0 Å². The fourth-order valence-electron chi connectivity index (χ4n) is 5.55. The number of carbonyl (C=O) groups excluding carboxylic acids is 6. The molecule has 7 unspecified atom stereocenters. The standard InChI is InChI=1S/C29H47N5O8/c1-8-17(4)23-28(39)33(7)24(16(2)3)29(40)32(6)18(5)25(36)30-12-11-22(35)42-21(14-19-15-41-19)27(38)34-13-9-10-20(34)26(37)31-23/h16-21,23-24H,8-15H2,1-7H3,(H,30,36)(H,31,37). The first-order valence-electron chi connectivity index (χ1n) is 15.0. The Balaban J connectivity index is 1.98. The highest BCUT2D eigenvalue weighted by Gasteiger charge is 2.44. The van der Waals surface area contributed by atoms with Gasteiger partial charge in [0.2, 0.25) is 23.6 Å². The lowest BCUT2D eigenvalue weighted by atomic mass is 9.94. The second-order valence-corrected chi connectivity index (χ2v) is 12.0. The number of cyclic esters (lactones) is 1. The number of hydrogen-bond donors (Lipinski definition) is 2. The highest BCUT2D eigenvalue weighted by Crippen LogP contribution is 2.25. The number of amides is 5. The van der Waals surface area contributed by atoms with Crippen molar-refractivity contribution in [2.45, 2.75) is 103 Å². The Hall–Kier alpha value is -3.22. The first-order chi connectivity index (χ1) is 19.8. The van der Waals surface area contributed by atoms with Crippen LogP contribution in [0.5, 0.6) is 0 Å². The Morgan fingerprint density at radius 3 is 2.21 bits per heavy atom. The highest BCUT2D eigenvalue weighted by molar-refractivity contribution is 5.96. The number of nitrogens with one attached hydrogen (secondary N) is 2. The number of esters is 1. The Morgan fingerprint density at radius 2 is 1.62 bits per heavy atom. The van der Waals surface area contributed by atoms with E-state index in [1.54, 1.807) is 6.92 Å². The van der Waals surface area contributed by atoms with Crippen molar-refractivity contribution in [3.8, 4) is 0 Å². The Morgan fingerprint density at radius 1 is 0.952 bits per heavy atom. The molecule has 0 aromatic rings. The van der Waals surface area contributed by atoms with Crippen molar-refractivity contribution < 1.29 is 38.2 Å². The van der Waals surface area contributed by atoms with Crippen molar-refractivity contribution in [2.75, 3.05) is 33.8 Å². The fourth-order valence-corrected chi connectivity index (χ4v) is 5.55. The third kappa shape index (κ3) is 7.78. The molecular formula is C29H47N5O8. The van der Waals surface area contributed by atoms with Crippen molar-refractivity contribution >= 4 is 35.5 Å². The minimum atomic E-state index is -1.14. The molecule has 3 rings (SSSR count). The molecule has 0 bridgehead atoms. The first-order valence-corrected chi connectivity index (χ1v) is 15.0. The molecule has 0 aliphatic carbocycles. The van der Waals surface area contributed by atoms with Gasteiger partial charge in [0.1, 0.15) is 24.2 Å². The molecular weight excluding hydrogens is 546 g/mol. The van der Waals surface area contributed by atoms with Crippen LogP contribution in [0.1, 0.15) is 66.7 Å². The van der Waals surface area contributed by atoms with E-state index < -0.39 is 65.8 Å². The third-order valence-corrected chi connectivity index (χ3v) is 8.63.